The van der Waals surface area contributed by atoms with Crippen molar-refractivity contribution in [2.75, 3.05) is 7.11 Å². The van der Waals surface area contributed by atoms with E-state index in [-0.39, 0.29) is 5.82 Å². The number of halogens is 2. The van der Waals surface area contributed by atoms with Crippen LogP contribution in [0.1, 0.15) is 5.56 Å². The topological polar surface area (TPSA) is 18.5 Å². The van der Waals surface area contributed by atoms with Gasteiger partial charge in [-0.2, -0.15) is 0 Å². The highest BCUT2D eigenvalue weighted by Crippen LogP contribution is 2.21. The predicted molar refractivity (Wildman–Crippen MR) is 68.7 cm³/mol. The minimum absolute atomic E-state index is 0.297. The van der Waals surface area contributed by atoms with E-state index in [2.05, 4.69) is 0 Å². The van der Waals surface area contributed by atoms with E-state index in [1.165, 1.54) is 12.1 Å². The quantitative estimate of drug-likeness (QED) is 0.831. The van der Waals surface area contributed by atoms with E-state index >= 15 is 0 Å². The molecule has 0 unspecified atom stereocenters. The van der Waals surface area contributed by atoms with Gasteiger partial charge in [-0.15, -0.1) is 0 Å². The van der Waals surface area contributed by atoms with Gasteiger partial charge in [-0.3, -0.25) is 0 Å². The van der Waals surface area contributed by atoms with Gasteiger partial charge in [-0.05, 0) is 36.4 Å². The first kappa shape index (κ1) is 12.7. The molecule has 0 fully saturated rings. The van der Waals surface area contributed by atoms with Crippen molar-refractivity contribution in [3.05, 3.63) is 58.9 Å². The number of methoxy groups -OCH3 is 1. The summed E-state index contributed by atoms with van der Waals surface area (Å²) in [5.41, 5.74) is 0.744. The van der Waals surface area contributed by atoms with Crippen molar-refractivity contribution in [3.8, 4) is 11.5 Å². The van der Waals surface area contributed by atoms with Crippen LogP contribution < -0.4 is 9.47 Å². The van der Waals surface area contributed by atoms with E-state index in [9.17, 15) is 4.39 Å². The first-order chi connectivity index (χ1) is 8.69. The largest absolute Gasteiger partial charge is 0.497 e. The molecule has 4 heteroatoms. The van der Waals surface area contributed by atoms with Gasteiger partial charge in [0.05, 0.1) is 12.1 Å². The molecule has 0 bridgehead atoms. The maximum Gasteiger partial charge on any atom is 0.124 e. The van der Waals surface area contributed by atoms with Gasteiger partial charge in [0.25, 0.3) is 0 Å². The second kappa shape index (κ2) is 5.74. The third kappa shape index (κ3) is 3.14. The molecule has 2 aromatic carbocycles. The van der Waals surface area contributed by atoms with Crippen LogP contribution in [0.3, 0.4) is 0 Å². The van der Waals surface area contributed by atoms with Crippen LogP contribution in [0.4, 0.5) is 4.39 Å². The fourth-order valence-electron chi connectivity index (χ4n) is 1.47. The lowest BCUT2D eigenvalue weighted by atomic mass is 10.2. The number of ether oxygens (including phenoxy) is 2. The van der Waals surface area contributed by atoms with E-state index in [1.807, 2.05) is 12.1 Å². The summed E-state index contributed by atoms with van der Waals surface area (Å²) in [7, 11) is 1.61. The third-order valence-corrected chi connectivity index (χ3v) is 2.82. The van der Waals surface area contributed by atoms with Crippen molar-refractivity contribution >= 4 is 11.6 Å². The van der Waals surface area contributed by atoms with Crippen molar-refractivity contribution in [2.24, 2.45) is 0 Å². The van der Waals surface area contributed by atoms with E-state index in [0.29, 0.717) is 17.4 Å². The minimum Gasteiger partial charge on any atom is -0.497 e. The molecule has 0 aliphatic carbocycles. The Kier molecular flexibility index (Phi) is 4.05. The SMILES string of the molecule is COc1ccc(OCc2ccc(F)cc2Cl)cc1. The molecule has 0 aliphatic rings. The first-order valence-electron chi connectivity index (χ1n) is 5.40. The van der Waals surface area contributed by atoms with Crippen molar-refractivity contribution in [2.45, 2.75) is 6.61 Å². The van der Waals surface area contributed by atoms with Crippen molar-refractivity contribution < 1.29 is 13.9 Å². The molecule has 0 N–H and O–H groups in total. The Labute approximate surface area is 110 Å². The summed E-state index contributed by atoms with van der Waals surface area (Å²) in [6.45, 7) is 0.297. The van der Waals surface area contributed by atoms with Gasteiger partial charge in [-0.1, -0.05) is 17.7 Å². The molecule has 0 amide bonds. The summed E-state index contributed by atoms with van der Waals surface area (Å²) in [4.78, 5) is 0. The molecule has 0 saturated carbocycles. The zero-order chi connectivity index (χ0) is 13.0. The predicted octanol–water partition coefficient (Wildman–Crippen LogP) is 4.07. The molecular weight excluding hydrogens is 255 g/mol. The summed E-state index contributed by atoms with van der Waals surface area (Å²) in [5, 5.41) is 0.364. The van der Waals surface area contributed by atoms with Gasteiger partial charge in [0, 0.05) is 5.56 Å². The van der Waals surface area contributed by atoms with E-state index in [1.54, 1.807) is 25.3 Å². The van der Waals surface area contributed by atoms with Crippen LogP contribution >= 0.6 is 11.6 Å². The summed E-state index contributed by atoms with van der Waals surface area (Å²) >= 11 is 5.90. The molecule has 0 aliphatic heterocycles. The number of rotatable bonds is 4. The average molecular weight is 267 g/mol. The van der Waals surface area contributed by atoms with Crippen molar-refractivity contribution in [1.82, 2.24) is 0 Å². The van der Waals surface area contributed by atoms with Crippen LogP contribution in [0.25, 0.3) is 0 Å². The van der Waals surface area contributed by atoms with Gasteiger partial charge in [0.2, 0.25) is 0 Å². The van der Waals surface area contributed by atoms with Gasteiger partial charge < -0.3 is 9.47 Å². The fourth-order valence-corrected chi connectivity index (χ4v) is 1.69. The first-order valence-corrected chi connectivity index (χ1v) is 5.77. The van der Waals surface area contributed by atoms with Crippen LogP contribution in [0.5, 0.6) is 11.5 Å². The molecule has 0 spiro atoms. The Morgan fingerprint density at radius 3 is 2.33 bits per heavy atom. The van der Waals surface area contributed by atoms with Gasteiger partial charge in [0.15, 0.2) is 0 Å². The van der Waals surface area contributed by atoms with Crippen LogP contribution in [-0.4, -0.2) is 7.11 Å². The zero-order valence-corrected chi connectivity index (χ0v) is 10.6. The van der Waals surface area contributed by atoms with Crippen LogP contribution in [0, 0.1) is 5.82 Å². The van der Waals surface area contributed by atoms with Gasteiger partial charge in [-0.25, -0.2) is 4.39 Å². The van der Waals surface area contributed by atoms with Crippen LogP contribution in [0.2, 0.25) is 5.02 Å². The summed E-state index contributed by atoms with van der Waals surface area (Å²) in [6.07, 6.45) is 0. The Morgan fingerprint density at radius 1 is 1.06 bits per heavy atom. The Balaban J connectivity index is 2.02. The Hall–Kier alpha value is -1.74. The molecule has 2 rings (SSSR count). The average Bonchev–Trinajstić information content (AvgIpc) is 2.38. The van der Waals surface area contributed by atoms with Crippen molar-refractivity contribution in [1.29, 1.82) is 0 Å². The van der Waals surface area contributed by atoms with E-state index < -0.39 is 0 Å². The number of hydrogen-bond donors (Lipinski definition) is 0. The Morgan fingerprint density at radius 2 is 1.72 bits per heavy atom. The molecular formula is C14H12ClFO2. The molecule has 0 atom stereocenters. The molecule has 94 valence electrons. The highest BCUT2D eigenvalue weighted by Gasteiger charge is 2.03. The second-order valence-electron chi connectivity index (χ2n) is 3.70. The summed E-state index contributed by atoms with van der Waals surface area (Å²) < 4.78 is 23.5. The lowest BCUT2D eigenvalue weighted by molar-refractivity contribution is 0.305. The normalized spacial score (nSPS) is 10.2. The smallest absolute Gasteiger partial charge is 0.124 e. The molecule has 18 heavy (non-hydrogen) atoms. The molecule has 2 nitrogen and oxygen atoms in total. The summed E-state index contributed by atoms with van der Waals surface area (Å²) in [6, 6.07) is 11.5. The molecule has 0 aromatic heterocycles. The van der Waals surface area contributed by atoms with E-state index in [0.717, 1.165) is 11.3 Å². The van der Waals surface area contributed by atoms with Crippen LogP contribution in [0.15, 0.2) is 42.5 Å². The van der Waals surface area contributed by atoms with Crippen molar-refractivity contribution in [3.63, 3.8) is 0 Å². The lowest BCUT2D eigenvalue weighted by Crippen LogP contribution is -1.96. The maximum atomic E-state index is 12.9. The standard InChI is InChI=1S/C14H12ClFO2/c1-17-12-4-6-13(7-5-12)18-9-10-2-3-11(16)8-14(10)15/h2-8H,9H2,1H3. The molecule has 0 saturated heterocycles. The molecule has 2 aromatic rings. The third-order valence-electron chi connectivity index (χ3n) is 2.47. The Bertz CT molecular complexity index is 526. The maximum absolute atomic E-state index is 12.9. The highest BCUT2D eigenvalue weighted by atomic mass is 35.5. The van der Waals surface area contributed by atoms with Gasteiger partial charge in [0.1, 0.15) is 23.9 Å². The molecule has 0 heterocycles. The number of benzene rings is 2. The van der Waals surface area contributed by atoms with E-state index in [4.69, 9.17) is 21.1 Å². The zero-order valence-electron chi connectivity index (χ0n) is 9.82. The monoisotopic (exact) mass is 266 g/mol. The van der Waals surface area contributed by atoms with Crippen LogP contribution in [-0.2, 0) is 6.61 Å². The molecule has 0 radical (unpaired) electrons. The number of hydrogen-bond acceptors (Lipinski definition) is 2. The minimum atomic E-state index is -0.354. The lowest BCUT2D eigenvalue weighted by Gasteiger charge is -2.08. The van der Waals surface area contributed by atoms with Gasteiger partial charge >= 0.3 is 0 Å². The second-order valence-corrected chi connectivity index (χ2v) is 4.11. The highest BCUT2D eigenvalue weighted by molar-refractivity contribution is 6.31. The fraction of sp³-hybridized carbons (Fsp3) is 0.143. The summed E-state index contributed by atoms with van der Waals surface area (Å²) in [5.74, 6) is 1.12.